The average molecular weight is 351 g/mol. The van der Waals surface area contributed by atoms with Crippen molar-refractivity contribution in [2.75, 3.05) is 5.32 Å². The fourth-order valence-corrected chi connectivity index (χ4v) is 2.36. The number of aromatic hydroxyl groups is 2. The van der Waals surface area contributed by atoms with Crippen molar-refractivity contribution < 1.29 is 24.2 Å². The summed E-state index contributed by atoms with van der Waals surface area (Å²) in [7, 11) is 0. The lowest BCUT2D eigenvalue weighted by atomic mass is 10.0. The summed E-state index contributed by atoms with van der Waals surface area (Å²) >= 11 is 0. The van der Waals surface area contributed by atoms with Crippen LogP contribution in [0.15, 0.2) is 66.7 Å². The Bertz CT molecular complexity index is 986. The number of carbonyl (C=O) groups excluding carboxylic acids is 2. The summed E-state index contributed by atoms with van der Waals surface area (Å²) in [5.41, 5.74) is 0.638. The lowest BCUT2D eigenvalue weighted by molar-refractivity contribution is 0.0816. The largest absolute Gasteiger partial charge is 0.504 e. The molecule has 0 spiro atoms. The zero-order valence-corrected chi connectivity index (χ0v) is 13.4. The molecule has 0 heterocycles. The number of para-hydroxylation sites is 1. The number of rotatable bonds is 5. The SMILES string of the molecule is O=C(C(=O)c1ccc(Nc2ccccc2)c(F)c1)c1ccc(O)c(O)c1. The van der Waals surface area contributed by atoms with Gasteiger partial charge in [-0.3, -0.25) is 9.59 Å². The first-order valence-corrected chi connectivity index (χ1v) is 7.68. The quantitative estimate of drug-likeness (QED) is 0.367. The standard InChI is InChI=1S/C20H14FNO4/c21-15-10-12(6-8-16(15)22-14-4-2-1-3-5-14)19(25)20(26)13-7-9-17(23)18(24)11-13/h1-11,22-24H. The number of nitrogens with one attached hydrogen (secondary N) is 1. The van der Waals surface area contributed by atoms with Crippen molar-refractivity contribution in [2.45, 2.75) is 0 Å². The predicted octanol–water partition coefficient (Wildman–Crippen LogP) is 4.05. The number of hydrogen-bond donors (Lipinski definition) is 3. The van der Waals surface area contributed by atoms with Crippen molar-refractivity contribution in [1.29, 1.82) is 0 Å². The van der Waals surface area contributed by atoms with Crippen LogP contribution in [0.3, 0.4) is 0 Å². The normalized spacial score (nSPS) is 10.3. The molecule has 0 aliphatic carbocycles. The van der Waals surface area contributed by atoms with Crippen LogP contribution < -0.4 is 5.32 Å². The van der Waals surface area contributed by atoms with Crippen molar-refractivity contribution in [1.82, 2.24) is 0 Å². The summed E-state index contributed by atoms with van der Waals surface area (Å²) in [4.78, 5) is 24.5. The molecule has 3 aromatic carbocycles. The molecule has 0 radical (unpaired) electrons. The van der Waals surface area contributed by atoms with E-state index < -0.39 is 28.9 Å². The summed E-state index contributed by atoms with van der Waals surface area (Å²) < 4.78 is 14.3. The first kappa shape index (κ1) is 17.2. The van der Waals surface area contributed by atoms with Gasteiger partial charge in [0.05, 0.1) is 5.69 Å². The van der Waals surface area contributed by atoms with Crippen molar-refractivity contribution in [2.24, 2.45) is 0 Å². The van der Waals surface area contributed by atoms with E-state index in [0.717, 1.165) is 18.2 Å². The molecule has 0 saturated heterocycles. The van der Waals surface area contributed by atoms with Crippen molar-refractivity contribution in [3.05, 3.63) is 83.7 Å². The van der Waals surface area contributed by atoms with Crippen molar-refractivity contribution >= 4 is 22.9 Å². The van der Waals surface area contributed by atoms with Gasteiger partial charge in [-0.2, -0.15) is 0 Å². The van der Waals surface area contributed by atoms with Gasteiger partial charge < -0.3 is 15.5 Å². The fraction of sp³-hybridized carbons (Fsp3) is 0. The van der Waals surface area contributed by atoms with Crippen molar-refractivity contribution in [3.8, 4) is 11.5 Å². The van der Waals surface area contributed by atoms with E-state index in [4.69, 9.17) is 0 Å². The minimum atomic E-state index is -0.916. The van der Waals surface area contributed by atoms with Crippen LogP contribution >= 0.6 is 0 Å². The van der Waals surface area contributed by atoms with E-state index in [1.165, 1.54) is 18.2 Å². The van der Waals surface area contributed by atoms with E-state index in [0.29, 0.717) is 5.69 Å². The zero-order chi connectivity index (χ0) is 18.7. The van der Waals surface area contributed by atoms with Gasteiger partial charge in [0.1, 0.15) is 5.82 Å². The summed E-state index contributed by atoms with van der Waals surface area (Å²) in [5, 5.41) is 21.6. The monoisotopic (exact) mass is 351 g/mol. The van der Waals surface area contributed by atoms with E-state index in [2.05, 4.69) is 5.32 Å². The maximum absolute atomic E-state index is 14.3. The van der Waals surface area contributed by atoms with Crippen molar-refractivity contribution in [3.63, 3.8) is 0 Å². The van der Waals surface area contributed by atoms with Crippen LogP contribution in [-0.4, -0.2) is 21.8 Å². The number of phenolic OH excluding ortho intramolecular Hbond substituents is 2. The van der Waals surface area contributed by atoms with E-state index in [1.54, 1.807) is 24.3 Å². The second kappa shape index (κ2) is 7.06. The molecule has 0 fully saturated rings. The number of benzene rings is 3. The molecule has 0 bridgehead atoms. The van der Waals surface area contributed by atoms with Gasteiger partial charge >= 0.3 is 0 Å². The van der Waals surface area contributed by atoms with Crippen LogP contribution in [0.5, 0.6) is 11.5 Å². The predicted molar refractivity (Wildman–Crippen MR) is 94.6 cm³/mol. The van der Waals surface area contributed by atoms with Gasteiger partial charge in [-0.25, -0.2) is 4.39 Å². The summed E-state index contributed by atoms with van der Waals surface area (Å²) in [6.07, 6.45) is 0. The molecule has 26 heavy (non-hydrogen) atoms. The average Bonchev–Trinajstić information content (AvgIpc) is 2.65. The van der Waals surface area contributed by atoms with E-state index >= 15 is 0 Å². The number of phenols is 2. The molecule has 0 aliphatic rings. The Hall–Kier alpha value is -3.67. The third kappa shape index (κ3) is 3.54. The molecule has 0 amide bonds. The highest BCUT2D eigenvalue weighted by molar-refractivity contribution is 6.49. The Kier molecular flexibility index (Phi) is 4.66. The van der Waals surface area contributed by atoms with E-state index in [9.17, 15) is 24.2 Å². The Labute approximate surface area is 148 Å². The van der Waals surface area contributed by atoms with Gasteiger partial charge in [0.15, 0.2) is 11.5 Å². The molecule has 3 N–H and O–H groups in total. The summed E-state index contributed by atoms with van der Waals surface area (Å²) in [5.74, 6) is -3.43. The second-order valence-electron chi connectivity index (χ2n) is 5.55. The highest BCUT2D eigenvalue weighted by Crippen LogP contribution is 2.26. The number of ketones is 2. The van der Waals surface area contributed by atoms with Crippen LogP contribution in [0, 0.1) is 5.82 Å². The first-order valence-electron chi connectivity index (χ1n) is 7.68. The maximum Gasteiger partial charge on any atom is 0.233 e. The molecule has 5 nitrogen and oxygen atoms in total. The number of halogens is 1. The van der Waals surface area contributed by atoms with Crippen LogP contribution in [0.1, 0.15) is 20.7 Å². The molecule has 0 unspecified atom stereocenters. The van der Waals surface area contributed by atoms with E-state index in [1.807, 2.05) is 6.07 Å². The minimum absolute atomic E-state index is 0.0998. The maximum atomic E-state index is 14.3. The Morgan fingerprint density at radius 3 is 2.00 bits per heavy atom. The number of anilines is 2. The third-order valence-electron chi connectivity index (χ3n) is 3.73. The molecule has 6 heteroatoms. The zero-order valence-electron chi connectivity index (χ0n) is 13.4. The molecule has 130 valence electrons. The highest BCUT2D eigenvalue weighted by Gasteiger charge is 2.20. The molecule has 0 atom stereocenters. The first-order chi connectivity index (χ1) is 12.5. The number of hydrogen-bond acceptors (Lipinski definition) is 5. The molecule has 0 aliphatic heterocycles. The lowest BCUT2D eigenvalue weighted by Crippen LogP contribution is -2.14. The second-order valence-corrected chi connectivity index (χ2v) is 5.55. The topological polar surface area (TPSA) is 86.6 Å². The molecule has 3 rings (SSSR count). The molecule has 0 saturated carbocycles. The Morgan fingerprint density at radius 2 is 1.38 bits per heavy atom. The fourth-order valence-electron chi connectivity index (χ4n) is 2.36. The summed E-state index contributed by atoms with van der Waals surface area (Å²) in [6, 6.07) is 15.9. The smallest absolute Gasteiger partial charge is 0.233 e. The Morgan fingerprint density at radius 1 is 0.769 bits per heavy atom. The molecule has 3 aromatic rings. The van der Waals surface area contributed by atoms with Gasteiger partial charge in [-0.05, 0) is 48.5 Å². The van der Waals surface area contributed by atoms with Crippen LogP contribution in [0.25, 0.3) is 0 Å². The van der Waals surface area contributed by atoms with Gasteiger partial charge in [-0.15, -0.1) is 0 Å². The molecular formula is C20H14FNO4. The van der Waals surface area contributed by atoms with E-state index in [-0.39, 0.29) is 16.8 Å². The van der Waals surface area contributed by atoms with Gasteiger partial charge in [0.2, 0.25) is 11.6 Å². The lowest BCUT2D eigenvalue weighted by Gasteiger charge is -2.09. The van der Waals surface area contributed by atoms with Gasteiger partial charge in [0.25, 0.3) is 0 Å². The number of Topliss-reactive ketones (excluding diaryl/α,β-unsaturated/α-hetero) is 2. The van der Waals surface area contributed by atoms with Gasteiger partial charge in [-0.1, -0.05) is 18.2 Å². The van der Waals surface area contributed by atoms with Crippen LogP contribution in [0.4, 0.5) is 15.8 Å². The summed E-state index contributed by atoms with van der Waals surface area (Å²) in [6.45, 7) is 0. The Balaban J connectivity index is 1.82. The molecular weight excluding hydrogens is 337 g/mol. The van der Waals surface area contributed by atoms with Crippen LogP contribution in [-0.2, 0) is 0 Å². The number of carbonyl (C=O) groups is 2. The van der Waals surface area contributed by atoms with Gasteiger partial charge in [0, 0.05) is 16.8 Å². The highest BCUT2D eigenvalue weighted by atomic mass is 19.1. The van der Waals surface area contributed by atoms with Crippen LogP contribution in [0.2, 0.25) is 0 Å². The minimum Gasteiger partial charge on any atom is -0.504 e. The third-order valence-corrected chi connectivity index (χ3v) is 3.73. The molecule has 0 aromatic heterocycles.